The van der Waals surface area contributed by atoms with Crippen LogP contribution in [0.1, 0.15) is 21.6 Å². The molecule has 0 aliphatic carbocycles. The second kappa shape index (κ2) is 7.90. The van der Waals surface area contributed by atoms with E-state index in [9.17, 15) is 9.59 Å². The minimum atomic E-state index is -1.01. The number of fused-ring (bicyclic) bond motifs is 1. The number of nitrogens with one attached hydrogen (secondary N) is 2. The highest BCUT2D eigenvalue weighted by Crippen LogP contribution is 2.16. The molecule has 130 valence electrons. The van der Waals surface area contributed by atoms with E-state index in [1.807, 2.05) is 30.3 Å². The highest BCUT2D eigenvalue weighted by molar-refractivity contribution is 5.94. The van der Waals surface area contributed by atoms with Gasteiger partial charge in [0.25, 0.3) is 0 Å². The Morgan fingerprint density at radius 1 is 1.12 bits per heavy atom. The second-order valence-corrected chi connectivity index (χ2v) is 5.51. The molecular weight excluding hydrogens is 332 g/mol. The Kier molecular flexibility index (Phi) is 5.20. The Morgan fingerprint density at radius 3 is 2.69 bits per heavy atom. The van der Waals surface area contributed by atoms with Crippen LogP contribution in [-0.4, -0.2) is 28.7 Å². The smallest absolute Gasteiger partial charge is 0.408 e. The SMILES string of the molecule is O=C(NCC#Cc1ccc2[nH]c(C(=O)O)cc2c1)OCc1ccccc1. The molecule has 3 N–H and O–H groups in total. The molecule has 0 radical (unpaired) electrons. The summed E-state index contributed by atoms with van der Waals surface area (Å²) in [5.41, 5.74) is 2.51. The van der Waals surface area contributed by atoms with Crippen LogP contribution in [0, 0.1) is 11.8 Å². The molecule has 6 heteroatoms. The van der Waals surface area contributed by atoms with Crippen LogP contribution < -0.4 is 5.32 Å². The molecule has 3 rings (SSSR count). The molecule has 0 atom stereocenters. The highest BCUT2D eigenvalue weighted by atomic mass is 16.5. The van der Waals surface area contributed by atoms with E-state index in [0.29, 0.717) is 0 Å². The van der Waals surface area contributed by atoms with Gasteiger partial charge in [0.1, 0.15) is 12.3 Å². The van der Waals surface area contributed by atoms with Gasteiger partial charge >= 0.3 is 12.1 Å². The maximum absolute atomic E-state index is 11.6. The summed E-state index contributed by atoms with van der Waals surface area (Å²) in [6.45, 7) is 0.356. The summed E-state index contributed by atoms with van der Waals surface area (Å²) >= 11 is 0. The number of benzene rings is 2. The van der Waals surface area contributed by atoms with Crippen LogP contribution in [0.4, 0.5) is 4.79 Å². The van der Waals surface area contributed by atoms with E-state index in [2.05, 4.69) is 22.1 Å². The van der Waals surface area contributed by atoms with Crippen molar-refractivity contribution in [3.8, 4) is 11.8 Å². The minimum absolute atomic E-state index is 0.132. The number of aromatic carboxylic acids is 1. The zero-order valence-corrected chi connectivity index (χ0v) is 13.8. The molecule has 1 amide bonds. The van der Waals surface area contributed by atoms with Crippen LogP contribution in [0.5, 0.6) is 0 Å². The molecule has 0 aliphatic heterocycles. The first-order chi connectivity index (χ1) is 12.6. The van der Waals surface area contributed by atoms with Gasteiger partial charge in [-0.15, -0.1) is 0 Å². The quantitative estimate of drug-likeness (QED) is 0.632. The average molecular weight is 348 g/mol. The summed E-state index contributed by atoms with van der Waals surface area (Å²) in [6, 6.07) is 16.3. The number of aromatic amines is 1. The number of hydrogen-bond donors (Lipinski definition) is 3. The first-order valence-corrected chi connectivity index (χ1v) is 7.91. The molecular formula is C20H16N2O4. The van der Waals surface area contributed by atoms with Crippen molar-refractivity contribution in [3.63, 3.8) is 0 Å². The summed E-state index contributed by atoms with van der Waals surface area (Å²) in [5.74, 6) is 4.75. The predicted molar refractivity (Wildman–Crippen MR) is 96.8 cm³/mol. The van der Waals surface area contributed by atoms with Crippen LogP contribution in [-0.2, 0) is 11.3 Å². The lowest BCUT2D eigenvalue weighted by molar-refractivity contribution is 0.0691. The fourth-order valence-electron chi connectivity index (χ4n) is 2.36. The topological polar surface area (TPSA) is 91.4 Å². The Hall–Kier alpha value is -3.72. The van der Waals surface area contributed by atoms with Gasteiger partial charge < -0.3 is 20.1 Å². The Bertz CT molecular complexity index is 997. The molecule has 0 spiro atoms. The fraction of sp³-hybridized carbons (Fsp3) is 0.100. The molecule has 1 aromatic heterocycles. The number of carboxylic acids is 1. The van der Waals surface area contributed by atoms with Crippen molar-refractivity contribution in [2.75, 3.05) is 6.54 Å². The molecule has 1 heterocycles. The number of carboxylic acid groups (broad SMARTS) is 1. The largest absolute Gasteiger partial charge is 0.477 e. The van der Waals surface area contributed by atoms with Crippen LogP contribution in [0.25, 0.3) is 10.9 Å². The number of alkyl carbamates (subject to hydrolysis) is 1. The van der Waals surface area contributed by atoms with Gasteiger partial charge in [0.2, 0.25) is 0 Å². The number of aromatic nitrogens is 1. The van der Waals surface area contributed by atoms with Crippen molar-refractivity contribution < 1.29 is 19.4 Å². The Labute approximate surface area is 149 Å². The molecule has 0 saturated heterocycles. The number of carbonyl (C=O) groups excluding carboxylic acids is 1. The predicted octanol–water partition coefficient (Wildman–Crippen LogP) is 3.14. The van der Waals surface area contributed by atoms with Crippen molar-refractivity contribution in [2.45, 2.75) is 6.61 Å². The monoisotopic (exact) mass is 348 g/mol. The molecule has 0 bridgehead atoms. The maximum atomic E-state index is 11.6. The molecule has 0 fully saturated rings. The van der Waals surface area contributed by atoms with Crippen LogP contribution in [0.3, 0.4) is 0 Å². The zero-order valence-electron chi connectivity index (χ0n) is 13.8. The van der Waals surface area contributed by atoms with Gasteiger partial charge in [0.05, 0.1) is 6.54 Å². The summed E-state index contributed by atoms with van der Waals surface area (Å²) in [6.07, 6.45) is -0.532. The van der Waals surface area contributed by atoms with Gasteiger partial charge in [-0.2, -0.15) is 0 Å². The molecule has 3 aromatic rings. The molecule has 6 nitrogen and oxygen atoms in total. The van der Waals surface area contributed by atoms with E-state index in [1.165, 1.54) is 0 Å². The number of rotatable bonds is 4. The zero-order chi connectivity index (χ0) is 18.4. The van der Waals surface area contributed by atoms with E-state index in [4.69, 9.17) is 9.84 Å². The minimum Gasteiger partial charge on any atom is -0.477 e. The van der Waals surface area contributed by atoms with E-state index < -0.39 is 12.1 Å². The third-order valence-electron chi connectivity index (χ3n) is 3.62. The van der Waals surface area contributed by atoms with Gasteiger partial charge in [0, 0.05) is 16.5 Å². The van der Waals surface area contributed by atoms with Crippen LogP contribution in [0.2, 0.25) is 0 Å². The third kappa shape index (κ3) is 4.42. The third-order valence-corrected chi connectivity index (χ3v) is 3.62. The summed E-state index contributed by atoms with van der Waals surface area (Å²) < 4.78 is 5.09. The van der Waals surface area contributed by atoms with Gasteiger partial charge in [0.15, 0.2) is 0 Å². The fourth-order valence-corrected chi connectivity index (χ4v) is 2.36. The van der Waals surface area contributed by atoms with Gasteiger partial charge in [-0.3, -0.25) is 0 Å². The lowest BCUT2D eigenvalue weighted by Crippen LogP contribution is -2.24. The van der Waals surface area contributed by atoms with Crippen LogP contribution in [0.15, 0.2) is 54.6 Å². The normalized spacial score (nSPS) is 10.0. The van der Waals surface area contributed by atoms with Gasteiger partial charge in [-0.05, 0) is 29.8 Å². The second-order valence-electron chi connectivity index (χ2n) is 5.51. The molecule has 0 unspecified atom stereocenters. The lowest BCUT2D eigenvalue weighted by Gasteiger charge is -2.04. The summed E-state index contributed by atoms with van der Waals surface area (Å²) in [7, 11) is 0. The molecule has 2 aromatic carbocycles. The van der Waals surface area contributed by atoms with E-state index in [-0.39, 0.29) is 18.8 Å². The van der Waals surface area contributed by atoms with Crippen molar-refractivity contribution in [1.82, 2.24) is 10.3 Å². The van der Waals surface area contributed by atoms with E-state index in [0.717, 1.165) is 22.0 Å². The van der Waals surface area contributed by atoms with Gasteiger partial charge in [-0.25, -0.2) is 9.59 Å². The number of carbonyl (C=O) groups is 2. The van der Waals surface area contributed by atoms with Crippen molar-refractivity contribution in [1.29, 1.82) is 0 Å². The highest BCUT2D eigenvalue weighted by Gasteiger charge is 2.07. The number of amides is 1. The Balaban J connectivity index is 1.52. The molecule has 26 heavy (non-hydrogen) atoms. The van der Waals surface area contributed by atoms with Crippen LogP contribution >= 0.6 is 0 Å². The standard InChI is InChI=1S/C20H16N2O4/c23-19(24)18-12-16-11-14(8-9-17(16)22-18)7-4-10-21-20(25)26-13-15-5-2-1-3-6-15/h1-3,5-6,8-9,11-12,22H,10,13H2,(H,21,25)(H,23,24). The lowest BCUT2D eigenvalue weighted by atomic mass is 10.1. The van der Waals surface area contributed by atoms with Gasteiger partial charge in [-0.1, -0.05) is 42.2 Å². The van der Waals surface area contributed by atoms with Crippen molar-refractivity contribution >= 4 is 23.0 Å². The average Bonchev–Trinajstić information content (AvgIpc) is 3.08. The molecule has 0 saturated carbocycles. The first kappa shape index (κ1) is 17.1. The number of ether oxygens (including phenoxy) is 1. The van der Waals surface area contributed by atoms with Crippen molar-refractivity contribution in [2.24, 2.45) is 0 Å². The summed E-state index contributed by atoms with van der Waals surface area (Å²) in [5, 5.41) is 12.3. The number of hydrogen-bond acceptors (Lipinski definition) is 3. The van der Waals surface area contributed by atoms with E-state index in [1.54, 1.807) is 24.3 Å². The summed E-state index contributed by atoms with van der Waals surface area (Å²) in [4.78, 5) is 25.4. The Morgan fingerprint density at radius 2 is 1.92 bits per heavy atom. The first-order valence-electron chi connectivity index (χ1n) is 7.91. The van der Waals surface area contributed by atoms with E-state index >= 15 is 0 Å². The van der Waals surface area contributed by atoms with Crippen molar-refractivity contribution in [3.05, 3.63) is 71.4 Å². The molecule has 0 aliphatic rings. The number of H-pyrrole nitrogens is 1. The maximum Gasteiger partial charge on any atom is 0.408 e.